The number of anilines is 1. The minimum absolute atomic E-state index is 0.0324. The SMILES string of the molecule is Cc1cccc(N2CCN(CCC(C)NC(=O)Cn3c(=O)oc4ccccc43)CC2)c1. The number of piperazine rings is 1. The van der Waals surface area contributed by atoms with Crippen LogP contribution < -0.4 is 16.0 Å². The number of amides is 1. The van der Waals surface area contributed by atoms with Crippen molar-refractivity contribution in [2.45, 2.75) is 32.9 Å². The maximum Gasteiger partial charge on any atom is 0.420 e. The van der Waals surface area contributed by atoms with Gasteiger partial charge in [0.05, 0.1) is 5.52 Å². The Labute approximate surface area is 182 Å². The molecule has 0 radical (unpaired) electrons. The van der Waals surface area contributed by atoms with Crippen molar-refractivity contribution in [1.82, 2.24) is 14.8 Å². The molecule has 164 valence electrons. The summed E-state index contributed by atoms with van der Waals surface area (Å²) in [6, 6.07) is 15.8. The van der Waals surface area contributed by atoms with Gasteiger partial charge in [0.25, 0.3) is 0 Å². The standard InChI is InChI=1S/C24H30N4O3/c1-18-6-5-7-20(16-18)27-14-12-26(13-15-27)11-10-19(2)25-23(29)17-28-21-8-3-4-9-22(21)31-24(28)30/h3-9,16,19H,10-15,17H2,1-2H3,(H,25,29). The molecule has 0 aliphatic carbocycles. The van der Waals surface area contributed by atoms with Gasteiger partial charge in [0.2, 0.25) is 5.91 Å². The van der Waals surface area contributed by atoms with Crippen LogP contribution in [-0.4, -0.2) is 54.1 Å². The second kappa shape index (κ2) is 9.39. The second-order valence-electron chi connectivity index (χ2n) is 8.35. The van der Waals surface area contributed by atoms with Gasteiger partial charge in [0.1, 0.15) is 6.54 Å². The molecule has 2 heterocycles. The predicted molar refractivity (Wildman–Crippen MR) is 123 cm³/mol. The molecule has 7 nitrogen and oxygen atoms in total. The summed E-state index contributed by atoms with van der Waals surface area (Å²) in [5, 5.41) is 3.01. The monoisotopic (exact) mass is 422 g/mol. The van der Waals surface area contributed by atoms with Gasteiger partial charge in [-0.3, -0.25) is 14.3 Å². The average Bonchev–Trinajstić information content (AvgIpc) is 3.07. The number of carbonyl (C=O) groups is 1. The van der Waals surface area contributed by atoms with Crippen molar-refractivity contribution in [3.63, 3.8) is 0 Å². The molecule has 1 N–H and O–H groups in total. The van der Waals surface area contributed by atoms with Crippen LogP contribution in [-0.2, 0) is 11.3 Å². The van der Waals surface area contributed by atoms with Crippen LogP contribution in [0.5, 0.6) is 0 Å². The van der Waals surface area contributed by atoms with Gasteiger partial charge in [0, 0.05) is 44.5 Å². The first kappa shape index (κ1) is 21.2. The minimum Gasteiger partial charge on any atom is -0.408 e. The highest BCUT2D eigenvalue weighted by molar-refractivity contribution is 5.79. The van der Waals surface area contributed by atoms with E-state index in [1.807, 2.05) is 13.0 Å². The van der Waals surface area contributed by atoms with E-state index in [2.05, 4.69) is 46.3 Å². The Kier molecular flexibility index (Phi) is 6.42. The zero-order valence-electron chi connectivity index (χ0n) is 18.2. The second-order valence-corrected chi connectivity index (χ2v) is 8.35. The van der Waals surface area contributed by atoms with Crippen molar-refractivity contribution in [3.8, 4) is 0 Å². The highest BCUT2D eigenvalue weighted by Gasteiger charge is 2.19. The number of aromatic nitrogens is 1. The fourth-order valence-corrected chi connectivity index (χ4v) is 4.13. The molecule has 7 heteroatoms. The summed E-state index contributed by atoms with van der Waals surface area (Å²) in [6.07, 6.45) is 0.872. The van der Waals surface area contributed by atoms with Crippen molar-refractivity contribution in [2.24, 2.45) is 0 Å². The molecule has 1 unspecified atom stereocenters. The lowest BCUT2D eigenvalue weighted by Gasteiger charge is -2.36. The Morgan fingerprint density at radius 3 is 2.65 bits per heavy atom. The lowest BCUT2D eigenvalue weighted by molar-refractivity contribution is -0.122. The molecule has 1 fully saturated rings. The summed E-state index contributed by atoms with van der Waals surface area (Å²) in [4.78, 5) is 29.4. The number of nitrogens with zero attached hydrogens (tertiary/aromatic N) is 3. The van der Waals surface area contributed by atoms with Crippen LogP contribution in [0.4, 0.5) is 5.69 Å². The first-order valence-corrected chi connectivity index (χ1v) is 10.9. The fourth-order valence-electron chi connectivity index (χ4n) is 4.13. The van der Waals surface area contributed by atoms with Gasteiger partial charge < -0.3 is 14.6 Å². The van der Waals surface area contributed by atoms with Gasteiger partial charge in [-0.15, -0.1) is 0 Å². The molecule has 0 spiro atoms. The average molecular weight is 423 g/mol. The first-order valence-electron chi connectivity index (χ1n) is 10.9. The highest BCUT2D eigenvalue weighted by Crippen LogP contribution is 2.18. The Hall–Kier alpha value is -3.06. The number of aryl methyl sites for hydroxylation is 1. The molecule has 3 aromatic rings. The van der Waals surface area contributed by atoms with E-state index in [0.717, 1.165) is 39.1 Å². The van der Waals surface area contributed by atoms with E-state index in [9.17, 15) is 9.59 Å². The van der Waals surface area contributed by atoms with E-state index < -0.39 is 5.76 Å². The summed E-state index contributed by atoms with van der Waals surface area (Å²) in [5.74, 6) is -0.680. The predicted octanol–water partition coefficient (Wildman–Crippen LogP) is 2.62. The Balaban J connectivity index is 1.22. The van der Waals surface area contributed by atoms with Crippen molar-refractivity contribution in [1.29, 1.82) is 0 Å². The largest absolute Gasteiger partial charge is 0.420 e. The van der Waals surface area contributed by atoms with Gasteiger partial charge in [0.15, 0.2) is 5.58 Å². The molecule has 1 aliphatic heterocycles. The van der Waals surface area contributed by atoms with Crippen molar-refractivity contribution in [3.05, 3.63) is 64.6 Å². The quantitative estimate of drug-likeness (QED) is 0.634. The van der Waals surface area contributed by atoms with E-state index in [1.165, 1.54) is 15.8 Å². The smallest absolute Gasteiger partial charge is 0.408 e. The lowest BCUT2D eigenvalue weighted by Crippen LogP contribution is -2.47. The molecule has 1 amide bonds. The number of hydrogen-bond acceptors (Lipinski definition) is 5. The van der Waals surface area contributed by atoms with Crippen LogP contribution in [0.1, 0.15) is 18.9 Å². The van der Waals surface area contributed by atoms with Gasteiger partial charge in [-0.1, -0.05) is 24.3 Å². The zero-order chi connectivity index (χ0) is 21.8. The molecule has 1 aliphatic rings. The number of nitrogens with one attached hydrogen (secondary N) is 1. The molecule has 4 rings (SSSR count). The molecule has 1 saturated heterocycles. The normalized spacial score (nSPS) is 15.9. The molecule has 1 aromatic heterocycles. The number of oxazole rings is 1. The maximum absolute atomic E-state index is 12.5. The summed E-state index contributed by atoms with van der Waals surface area (Å²) in [6.45, 7) is 9.11. The maximum atomic E-state index is 12.5. The third-order valence-corrected chi connectivity index (χ3v) is 5.90. The third-order valence-electron chi connectivity index (χ3n) is 5.90. The summed E-state index contributed by atoms with van der Waals surface area (Å²) >= 11 is 0. The van der Waals surface area contributed by atoms with E-state index in [1.54, 1.807) is 18.2 Å². The summed E-state index contributed by atoms with van der Waals surface area (Å²) in [5.41, 5.74) is 3.72. The van der Waals surface area contributed by atoms with Crippen LogP contribution in [0.2, 0.25) is 0 Å². The number of rotatable bonds is 7. The van der Waals surface area contributed by atoms with Crippen LogP contribution in [0.3, 0.4) is 0 Å². The van der Waals surface area contributed by atoms with Gasteiger partial charge in [-0.25, -0.2) is 4.79 Å². The molecule has 1 atom stereocenters. The summed E-state index contributed by atoms with van der Waals surface area (Å²) in [7, 11) is 0. The molecule has 31 heavy (non-hydrogen) atoms. The number of carbonyl (C=O) groups excluding carboxylic acids is 1. The Morgan fingerprint density at radius 1 is 1.10 bits per heavy atom. The molecule has 0 saturated carbocycles. The Bertz CT molecular complexity index is 1100. The van der Waals surface area contributed by atoms with E-state index in [4.69, 9.17) is 4.42 Å². The molecular formula is C24H30N4O3. The zero-order valence-corrected chi connectivity index (χ0v) is 18.2. The molecule has 2 aromatic carbocycles. The van der Waals surface area contributed by atoms with Gasteiger partial charge >= 0.3 is 5.76 Å². The van der Waals surface area contributed by atoms with Crippen LogP contribution >= 0.6 is 0 Å². The van der Waals surface area contributed by atoms with Crippen molar-refractivity contribution < 1.29 is 9.21 Å². The topological polar surface area (TPSA) is 70.7 Å². The van der Waals surface area contributed by atoms with Crippen LogP contribution in [0.25, 0.3) is 11.1 Å². The number of hydrogen-bond donors (Lipinski definition) is 1. The number of para-hydroxylation sites is 2. The van der Waals surface area contributed by atoms with Gasteiger partial charge in [-0.05, 0) is 50.1 Å². The first-order chi connectivity index (χ1) is 15.0. The molecular weight excluding hydrogens is 392 g/mol. The minimum atomic E-state index is -0.504. The highest BCUT2D eigenvalue weighted by atomic mass is 16.4. The van der Waals surface area contributed by atoms with E-state index in [0.29, 0.717) is 11.1 Å². The fraction of sp³-hybridized carbons (Fsp3) is 0.417. The molecule has 0 bridgehead atoms. The third kappa shape index (κ3) is 5.17. The number of fused-ring (bicyclic) bond motifs is 1. The van der Waals surface area contributed by atoms with Crippen LogP contribution in [0.15, 0.2) is 57.7 Å². The van der Waals surface area contributed by atoms with Gasteiger partial charge in [-0.2, -0.15) is 0 Å². The van der Waals surface area contributed by atoms with E-state index in [-0.39, 0.29) is 18.5 Å². The number of benzene rings is 2. The Morgan fingerprint density at radius 2 is 1.87 bits per heavy atom. The van der Waals surface area contributed by atoms with Crippen molar-refractivity contribution >= 4 is 22.7 Å². The lowest BCUT2D eigenvalue weighted by atomic mass is 10.1. The van der Waals surface area contributed by atoms with Crippen molar-refractivity contribution in [2.75, 3.05) is 37.6 Å². The van der Waals surface area contributed by atoms with E-state index >= 15 is 0 Å². The van der Waals surface area contributed by atoms with Crippen LogP contribution in [0, 0.1) is 6.92 Å². The summed E-state index contributed by atoms with van der Waals surface area (Å²) < 4.78 is 6.57.